The molecule has 1 atom stereocenters. The molecule has 2 aromatic rings. The van der Waals surface area contributed by atoms with Crippen molar-refractivity contribution in [1.29, 1.82) is 0 Å². The topological polar surface area (TPSA) is 20.2 Å². The predicted molar refractivity (Wildman–Crippen MR) is 66.4 cm³/mol. The van der Waals surface area contributed by atoms with Crippen molar-refractivity contribution in [2.75, 3.05) is 0 Å². The second-order valence-electron chi connectivity index (χ2n) is 4.25. The van der Waals surface area contributed by atoms with Crippen molar-refractivity contribution in [3.8, 4) is 0 Å². The van der Waals surface area contributed by atoms with E-state index < -0.39 is 34.9 Å². The molecular weight excluding hydrogens is 296 g/mol. The third-order valence-corrected chi connectivity index (χ3v) is 3.08. The summed E-state index contributed by atoms with van der Waals surface area (Å²) in [5, 5.41) is 9.69. The first-order valence-corrected chi connectivity index (χ1v) is 6.02. The van der Waals surface area contributed by atoms with Crippen LogP contribution in [0.15, 0.2) is 30.3 Å². The molecule has 0 saturated heterocycles. The molecule has 2 rings (SSSR count). The number of aliphatic hydroxyl groups is 1. The maximum absolute atomic E-state index is 13.5. The molecule has 0 aromatic heterocycles. The van der Waals surface area contributed by atoms with Crippen molar-refractivity contribution >= 4 is 11.6 Å². The van der Waals surface area contributed by atoms with Crippen molar-refractivity contribution in [3.05, 3.63) is 69.8 Å². The van der Waals surface area contributed by atoms with Gasteiger partial charge in [0, 0.05) is 18.6 Å². The van der Waals surface area contributed by atoms with Gasteiger partial charge in [0.2, 0.25) is 0 Å². The maximum atomic E-state index is 13.5. The third kappa shape index (κ3) is 3.11. The van der Waals surface area contributed by atoms with E-state index in [4.69, 9.17) is 11.6 Å². The van der Waals surface area contributed by atoms with E-state index in [-0.39, 0.29) is 11.4 Å². The Labute approximate surface area is 117 Å². The zero-order valence-corrected chi connectivity index (χ0v) is 10.8. The van der Waals surface area contributed by atoms with Gasteiger partial charge in [-0.05, 0) is 17.7 Å². The highest BCUT2D eigenvalue weighted by atomic mass is 35.5. The van der Waals surface area contributed by atoms with Crippen molar-refractivity contribution in [3.63, 3.8) is 0 Å². The monoisotopic (exact) mass is 304 g/mol. The SMILES string of the molecule is OC(Cc1ccc(F)c(Cl)c1)c1c(F)cc(F)cc1F. The summed E-state index contributed by atoms with van der Waals surface area (Å²) < 4.78 is 52.7. The van der Waals surface area contributed by atoms with Crippen LogP contribution in [0.5, 0.6) is 0 Å². The fourth-order valence-electron chi connectivity index (χ4n) is 1.86. The van der Waals surface area contributed by atoms with Gasteiger partial charge in [-0.15, -0.1) is 0 Å². The summed E-state index contributed by atoms with van der Waals surface area (Å²) in [4.78, 5) is 0. The van der Waals surface area contributed by atoms with Crippen LogP contribution in [0.1, 0.15) is 17.2 Å². The van der Waals surface area contributed by atoms with Crippen LogP contribution in [-0.2, 0) is 6.42 Å². The molecule has 0 amide bonds. The number of aliphatic hydroxyl groups excluding tert-OH is 1. The van der Waals surface area contributed by atoms with Gasteiger partial charge in [0.05, 0.1) is 16.7 Å². The van der Waals surface area contributed by atoms with Gasteiger partial charge in [-0.2, -0.15) is 0 Å². The minimum absolute atomic E-state index is 0.158. The molecule has 20 heavy (non-hydrogen) atoms. The Morgan fingerprint density at radius 2 is 1.55 bits per heavy atom. The van der Waals surface area contributed by atoms with Gasteiger partial charge >= 0.3 is 0 Å². The largest absolute Gasteiger partial charge is 0.388 e. The number of rotatable bonds is 3. The van der Waals surface area contributed by atoms with Gasteiger partial charge in [-0.25, -0.2) is 17.6 Å². The number of halogens is 5. The van der Waals surface area contributed by atoms with E-state index in [1.165, 1.54) is 12.1 Å². The Kier molecular flexibility index (Phi) is 4.30. The Morgan fingerprint density at radius 1 is 0.950 bits per heavy atom. The van der Waals surface area contributed by atoms with E-state index >= 15 is 0 Å². The fourth-order valence-corrected chi connectivity index (χ4v) is 2.07. The van der Waals surface area contributed by atoms with E-state index in [1.54, 1.807) is 0 Å². The van der Waals surface area contributed by atoms with Gasteiger partial charge in [-0.3, -0.25) is 0 Å². The normalized spacial score (nSPS) is 12.5. The van der Waals surface area contributed by atoms with Crippen LogP contribution in [0.25, 0.3) is 0 Å². The van der Waals surface area contributed by atoms with Gasteiger partial charge < -0.3 is 5.11 Å². The summed E-state index contributed by atoms with van der Waals surface area (Å²) in [5.41, 5.74) is -0.237. The predicted octanol–water partition coefficient (Wildman–Crippen LogP) is 4.17. The smallest absolute Gasteiger partial charge is 0.141 e. The van der Waals surface area contributed by atoms with Gasteiger partial charge in [-0.1, -0.05) is 17.7 Å². The van der Waals surface area contributed by atoms with Crippen molar-refractivity contribution < 1.29 is 22.7 Å². The van der Waals surface area contributed by atoms with E-state index in [9.17, 15) is 22.7 Å². The molecule has 0 bridgehead atoms. The molecule has 0 aliphatic carbocycles. The van der Waals surface area contributed by atoms with Gasteiger partial charge in [0.1, 0.15) is 23.3 Å². The Balaban J connectivity index is 2.28. The minimum atomic E-state index is -1.53. The van der Waals surface area contributed by atoms with Crippen LogP contribution in [0.4, 0.5) is 17.6 Å². The lowest BCUT2D eigenvalue weighted by atomic mass is 10.0. The Bertz CT molecular complexity index is 622. The summed E-state index contributed by atoms with van der Waals surface area (Å²) in [6.45, 7) is 0. The second kappa shape index (κ2) is 5.81. The Hall–Kier alpha value is -1.59. The summed E-state index contributed by atoms with van der Waals surface area (Å²) in [6.07, 6.45) is -1.71. The van der Waals surface area contributed by atoms with Gasteiger partial charge in [0.15, 0.2) is 0 Å². The highest BCUT2D eigenvalue weighted by Gasteiger charge is 2.20. The van der Waals surface area contributed by atoms with E-state index in [2.05, 4.69) is 0 Å². The van der Waals surface area contributed by atoms with Crippen LogP contribution in [0.3, 0.4) is 0 Å². The first-order chi connectivity index (χ1) is 9.38. The molecule has 106 valence electrons. The first-order valence-electron chi connectivity index (χ1n) is 5.65. The minimum Gasteiger partial charge on any atom is -0.388 e. The van der Waals surface area contributed by atoms with Gasteiger partial charge in [0.25, 0.3) is 0 Å². The van der Waals surface area contributed by atoms with Crippen LogP contribution in [0.2, 0.25) is 5.02 Å². The fraction of sp³-hybridized carbons (Fsp3) is 0.143. The van der Waals surface area contributed by atoms with Crippen LogP contribution >= 0.6 is 11.6 Å². The molecule has 0 heterocycles. The standard InChI is InChI=1S/C14H9ClF4O/c15-9-3-7(1-2-10(9)17)4-13(20)14-11(18)5-8(16)6-12(14)19/h1-3,5-6,13,20H,4H2. The summed E-state index contributed by atoms with van der Waals surface area (Å²) in [5.74, 6) is -4.06. The molecule has 0 aliphatic rings. The van der Waals surface area contributed by atoms with Crippen LogP contribution in [-0.4, -0.2) is 5.11 Å². The summed E-state index contributed by atoms with van der Waals surface area (Å²) in [6, 6.07) is 4.64. The third-order valence-electron chi connectivity index (χ3n) is 2.79. The van der Waals surface area contributed by atoms with Crippen molar-refractivity contribution in [2.24, 2.45) is 0 Å². The molecular formula is C14H9ClF4O. The van der Waals surface area contributed by atoms with Crippen molar-refractivity contribution in [1.82, 2.24) is 0 Å². The maximum Gasteiger partial charge on any atom is 0.141 e. The molecule has 0 saturated carbocycles. The number of hydrogen-bond acceptors (Lipinski definition) is 1. The van der Waals surface area contributed by atoms with Crippen LogP contribution in [0, 0.1) is 23.3 Å². The van der Waals surface area contributed by atoms with E-state index in [0.29, 0.717) is 17.7 Å². The van der Waals surface area contributed by atoms with E-state index in [1.807, 2.05) is 0 Å². The summed E-state index contributed by atoms with van der Waals surface area (Å²) >= 11 is 5.57. The molecule has 1 N–H and O–H groups in total. The zero-order chi connectivity index (χ0) is 14.9. The summed E-state index contributed by atoms with van der Waals surface area (Å²) in [7, 11) is 0. The molecule has 0 radical (unpaired) electrons. The lowest BCUT2D eigenvalue weighted by Gasteiger charge is -2.13. The van der Waals surface area contributed by atoms with Crippen molar-refractivity contribution in [2.45, 2.75) is 12.5 Å². The Morgan fingerprint density at radius 3 is 2.10 bits per heavy atom. The van der Waals surface area contributed by atoms with Crippen LogP contribution < -0.4 is 0 Å². The molecule has 6 heteroatoms. The average molecular weight is 305 g/mol. The molecule has 0 spiro atoms. The molecule has 1 nitrogen and oxygen atoms in total. The van der Waals surface area contributed by atoms with E-state index in [0.717, 1.165) is 6.07 Å². The first kappa shape index (κ1) is 14.8. The lowest BCUT2D eigenvalue weighted by molar-refractivity contribution is 0.168. The molecule has 0 aliphatic heterocycles. The lowest BCUT2D eigenvalue weighted by Crippen LogP contribution is -2.08. The number of hydrogen-bond donors (Lipinski definition) is 1. The number of benzene rings is 2. The molecule has 2 aromatic carbocycles. The highest BCUT2D eigenvalue weighted by molar-refractivity contribution is 6.30. The zero-order valence-electron chi connectivity index (χ0n) is 10.0. The molecule has 1 unspecified atom stereocenters. The second-order valence-corrected chi connectivity index (χ2v) is 4.66. The highest BCUT2D eigenvalue weighted by Crippen LogP contribution is 2.26. The quantitative estimate of drug-likeness (QED) is 0.844. The average Bonchev–Trinajstić information content (AvgIpc) is 2.32. The molecule has 0 fully saturated rings.